The molecule has 0 aliphatic carbocycles. The first-order chi connectivity index (χ1) is 11.8. The van der Waals surface area contributed by atoms with E-state index in [1.807, 2.05) is 37.3 Å². The summed E-state index contributed by atoms with van der Waals surface area (Å²) < 4.78 is 30.5. The molecule has 2 aromatic rings. The van der Waals surface area contributed by atoms with E-state index in [1.165, 1.54) is 13.2 Å². The molecule has 2 rings (SSSR count). The SMILES string of the molecule is CCC(C(=O)Nc1ccc(OC)c(NS(C)(=O)=O)c1)c1ccccc1. The Bertz CT molecular complexity index is 835. The summed E-state index contributed by atoms with van der Waals surface area (Å²) in [5.41, 5.74) is 1.70. The summed E-state index contributed by atoms with van der Waals surface area (Å²) in [6, 6.07) is 14.3. The smallest absolute Gasteiger partial charge is 0.231 e. The molecule has 7 heteroatoms. The van der Waals surface area contributed by atoms with Crippen LogP contribution in [0.25, 0.3) is 0 Å². The highest BCUT2D eigenvalue weighted by Crippen LogP contribution is 2.29. The minimum absolute atomic E-state index is 0.149. The molecule has 0 saturated heterocycles. The zero-order valence-electron chi connectivity index (χ0n) is 14.4. The third-order valence-electron chi connectivity index (χ3n) is 3.69. The van der Waals surface area contributed by atoms with Gasteiger partial charge in [0.1, 0.15) is 5.75 Å². The molecule has 134 valence electrons. The zero-order valence-corrected chi connectivity index (χ0v) is 15.3. The van der Waals surface area contributed by atoms with Crippen molar-refractivity contribution in [3.8, 4) is 5.75 Å². The van der Waals surface area contributed by atoms with Crippen LogP contribution < -0.4 is 14.8 Å². The highest BCUT2D eigenvalue weighted by Gasteiger charge is 2.19. The molecule has 1 amide bonds. The number of benzene rings is 2. The Morgan fingerprint density at radius 1 is 1.16 bits per heavy atom. The van der Waals surface area contributed by atoms with Crippen molar-refractivity contribution in [2.75, 3.05) is 23.4 Å². The van der Waals surface area contributed by atoms with Crippen LogP contribution in [0.5, 0.6) is 5.75 Å². The van der Waals surface area contributed by atoms with Crippen molar-refractivity contribution in [3.05, 3.63) is 54.1 Å². The van der Waals surface area contributed by atoms with Crippen LogP contribution in [0.15, 0.2) is 48.5 Å². The van der Waals surface area contributed by atoms with E-state index in [4.69, 9.17) is 4.74 Å². The summed E-state index contributed by atoms with van der Waals surface area (Å²) in [5, 5.41) is 2.84. The van der Waals surface area contributed by atoms with Crippen molar-refractivity contribution in [1.82, 2.24) is 0 Å². The maximum atomic E-state index is 12.6. The molecule has 0 saturated carbocycles. The molecule has 2 aromatic carbocycles. The Morgan fingerprint density at radius 3 is 2.40 bits per heavy atom. The number of amides is 1. The van der Waals surface area contributed by atoms with E-state index in [9.17, 15) is 13.2 Å². The predicted octanol–water partition coefficient (Wildman–Crippen LogP) is 3.20. The molecule has 0 fully saturated rings. The van der Waals surface area contributed by atoms with Gasteiger partial charge in [0, 0.05) is 5.69 Å². The molecule has 0 aliphatic rings. The lowest BCUT2D eigenvalue weighted by Crippen LogP contribution is -2.21. The highest BCUT2D eigenvalue weighted by molar-refractivity contribution is 7.92. The number of rotatable bonds is 7. The van der Waals surface area contributed by atoms with Gasteiger partial charge in [0.15, 0.2) is 0 Å². The Kier molecular flexibility index (Phi) is 6.03. The molecule has 6 nitrogen and oxygen atoms in total. The second kappa shape index (κ2) is 8.02. The van der Waals surface area contributed by atoms with Gasteiger partial charge in [-0.05, 0) is 30.2 Å². The average molecular weight is 362 g/mol. The topological polar surface area (TPSA) is 84.5 Å². The monoisotopic (exact) mass is 362 g/mol. The van der Waals surface area contributed by atoms with E-state index in [2.05, 4.69) is 10.0 Å². The van der Waals surface area contributed by atoms with Crippen LogP contribution in [0, 0.1) is 0 Å². The number of ether oxygens (including phenoxy) is 1. The summed E-state index contributed by atoms with van der Waals surface area (Å²) >= 11 is 0. The van der Waals surface area contributed by atoms with E-state index in [0.29, 0.717) is 17.9 Å². The largest absolute Gasteiger partial charge is 0.495 e. The summed E-state index contributed by atoms with van der Waals surface area (Å²) in [4.78, 5) is 12.6. The second-order valence-electron chi connectivity index (χ2n) is 5.65. The molecular formula is C18H22N2O4S. The molecule has 25 heavy (non-hydrogen) atoms. The number of hydrogen-bond acceptors (Lipinski definition) is 4. The van der Waals surface area contributed by atoms with E-state index < -0.39 is 10.0 Å². The van der Waals surface area contributed by atoms with Crippen LogP contribution in [0.1, 0.15) is 24.8 Å². The normalized spacial score (nSPS) is 12.3. The summed E-state index contributed by atoms with van der Waals surface area (Å²) in [6.45, 7) is 1.95. The molecule has 1 unspecified atom stereocenters. The fourth-order valence-corrected chi connectivity index (χ4v) is 3.11. The van der Waals surface area contributed by atoms with Crippen LogP contribution in [-0.2, 0) is 14.8 Å². The van der Waals surface area contributed by atoms with Gasteiger partial charge in [-0.2, -0.15) is 0 Å². The first-order valence-electron chi connectivity index (χ1n) is 7.85. The number of nitrogens with one attached hydrogen (secondary N) is 2. The van der Waals surface area contributed by atoms with Crippen molar-refractivity contribution >= 4 is 27.3 Å². The maximum Gasteiger partial charge on any atom is 0.231 e. The first-order valence-corrected chi connectivity index (χ1v) is 9.75. The molecule has 0 heterocycles. The van der Waals surface area contributed by atoms with Crippen LogP contribution in [-0.4, -0.2) is 27.7 Å². The van der Waals surface area contributed by atoms with Gasteiger partial charge in [0.25, 0.3) is 0 Å². The highest BCUT2D eigenvalue weighted by atomic mass is 32.2. The standard InChI is InChI=1S/C18H22N2O4S/c1-4-15(13-8-6-5-7-9-13)18(21)19-14-10-11-17(24-2)16(12-14)20-25(3,22)23/h5-12,15,20H,4H2,1-3H3,(H,19,21). The lowest BCUT2D eigenvalue weighted by molar-refractivity contribution is -0.117. The van der Waals surface area contributed by atoms with Crippen LogP contribution >= 0.6 is 0 Å². The Morgan fingerprint density at radius 2 is 1.84 bits per heavy atom. The molecule has 0 radical (unpaired) electrons. The predicted molar refractivity (Wildman–Crippen MR) is 99.6 cm³/mol. The van der Waals surface area contributed by atoms with Crippen molar-refractivity contribution in [3.63, 3.8) is 0 Å². The van der Waals surface area contributed by atoms with E-state index in [1.54, 1.807) is 12.1 Å². The minimum Gasteiger partial charge on any atom is -0.495 e. The summed E-state index contributed by atoms with van der Waals surface area (Å²) in [7, 11) is -2.01. The van der Waals surface area contributed by atoms with Gasteiger partial charge in [-0.3, -0.25) is 9.52 Å². The minimum atomic E-state index is -3.46. The second-order valence-corrected chi connectivity index (χ2v) is 7.40. The number of carbonyl (C=O) groups excluding carboxylic acids is 1. The number of carbonyl (C=O) groups is 1. The number of methoxy groups -OCH3 is 1. The van der Waals surface area contributed by atoms with Gasteiger partial charge in [-0.1, -0.05) is 37.3 Å². The molecule has 0 aliphatic heterocycles. The van der Waals surface area contributed by atoms with E-state index in [-0.39, 0.29) is 17.5 Å². The third-order valence-corrected chi connectivity index (χ3v) is 4.28. The number of hydrogen-bond donors (Lipinski definition) is 2. The Balaban J connectivity index is 2.24. The Labute approximate surface area is 148 Å². The van der Waals surface area contributed by atoms with Crippen LogP contribution in [0.3, 0.4) is 0 Å². The van der Waals surface area contributed by atoms with Gasteiger partial charge in [-0.25, -0.2) is 8.42 Å². The lowest BCUT2D eigenvalue weighted by atomic mass is 9.95. The molecular weight excluding hydrogens is 340 g/mol. The van der Waals surface area contributed by atoms with Crippen molar-refractivity contribution in [2.45, 2.75) is 19.3 Å². The van der Waals surface area contributed by atoms with E-state index in [0.717, 1.165) is 11.8 Å². The van der Waals surface area contributed by atoms with Gasteiger partial charge in [0.05, 0.1) is 25.0 Å². The molecule has 0 aromatic heterocycles. The average Bonchev–Trinajstić information content (AvgIpc) is 2.55. The van der Waals surface area contributed by atoms with Crippen molar-refractivity contribution in [2.24, 2.45) is 0 Å². The molecule has 2 N–H and O–H groups in total. The molecule has 0 spiro atoms. The van der Waals surface area contributed by atoms with E-state index >= 15 is 0 Å². The van der Waals surface area contributed by atoms with Crippen molar-refractivity contribution < 1.29 is 17.9 Å². The first kappa shape index (κ1) is 18.8. The zero-order chi connectivity index (χ0) is 18.4. The molecule has 0 bridgehead atoms. The van der Waals surface area contributed by atoms with Gasteiger partial charge < -0.3 is 10.1 Å². The maximum absolute atomic E-state index is 12.6. The number of sulfonamides is 1. The van der Waals surface area contributed by atoms with Gasteiger partial charge in [-0.15, -0.1) is 0 Å². The van der Waals surface area contributed by atoms with Crippen molar-refractivity contribution in [1.29, 1.82) is 0 Å². The number of anilines is 2. The third kappa shape index (κ3) is 5.22. The lowest BCUT2D eigenvalue weighted by Gasteiger charge is -2.17. The summed E-state index contributed by atoms with van der Waals surface area (Å²) in [5.74, 6) is -0.0580. The fourth-order valence-electron chi connectivity index (χ4n) is 2.55. The van der Waals surface area contributed by atoms with Gasteiger partial charge >= 0.3 is 0 Å². The van der Waals surface area contributed by atoms with Gasteiger partial charge in [0.2, 0.25) is 15.9 Å². The Hall–Kier alpha value is -2.54. The fraction of sp³-hybridized carbons (Fsp3) is 0.278. The quantitative estimate of drug-likeness (QED) is 0.792. The van der Waals surface area contributed by atoms with Crippen LogP contribution in [0.4, 0.5) is 11.4 Å². The van der Waals surface area contributed by atoms with Crippen LogP contribution in [0.2, 0.25) is 0 Å². The molecule has 1 atom stereocenters. The summed E-state index contributed by atoms with van der Waals surface area (Å²) in [6.07, 6.45) is 1.71.